The molecule has 0 bridgehead atoms. The minimum atomic E-state index is -0.436. The third-order valence-electron chi connectivity index (χ3n) is 2.35. The Labute approximate surface area is 108 Å². The molecular weight excluding hydrogens is 255 g/mol. The van der Waals surface area contributed by atoms with Gasteiger partial charge in [-0.1, -0.05) is 30.3 Å². The molecule has 18 heavy (non-hydrogen) atoms. The molecule has 1 heterocycles. The van der Waals surface area contributed by atoms with Crippen molar-refractivity contribution >= 4 is 28.4 Å². The van der Waals surface area contributed by atoms with Crippen LogP contribution >= 0.6 is 11.6 Å². The zero-order chi connectivity index (χ0) is 13.1. The fourth-order valence-electron chi connectivity index (χ4n) is 1.56. The van der Waals surface area contributed by atoms with Gasteiger partial charge in [-0.25, -0.2) is 4.39 Å². The Bertz CT molecular complexity index is 645. The lowest BCUT2D eigenvalue weighted by Crippen LogP contribution is -2.20. The van der Waals surface area contributed by atoms with Crippen molar-refractivity contribution in [1.82, 2.24) is 10.3 Å². The van der Waals surface area contributed by atoms with Gasteiger partial charge in [-0.3, -0.25) is 4.79 Å². The van der Waals surface area contributed by atoms with Crippen LogP contribution in [0.15, 0.2) is 48.2 Å². The van der Waals surface area contributed by atoms with Crippen LogP contribution in [0.5, 0.6) is 0 Å². The first-order chi connectivity index (χ1) is 8.61. The number of hydrogen-bond donors (Lipinski definition) is 2. The SMILES string of the molecule is C=C/C=C(/Cl)NC(=O)c1cc2c(F)cccc2[nH]1. The van der Waals surface area contributed by atoms with Gasteiger partial charge >= 0.3 is 0 Å². The molecule has 2 rings (SSSR count). The molecule has 0 fully saturated rings. The summed E-state index contributed by atoms with van der Waals surface area (Å²) >= 11 is 5.73. The van der Waals surface area contributed by atoms with Gasteiger partial charge in [0, 0.05) is 10.9 Å². The maximum Gasteiger partial charge on any atom is 0.272 e. The molecule has 0 saturated heterocycles. The first-order valence-electron chi connectivity index (χ1n) is 5.18. The fourth-order valence-corrected chi connectivity index (χ4v) is 1.74. The normalized spacial score (nSPS) is 11.6. The number of aromatic amines is 1. The number of nitrogens with one attached hydrogen (secondary N) is 2. The Morgan fingerprint density at radius 3 is 2.94 bits per heavy atom. The number of allylic oxidation sites excluding steroid dienone is 2. The van der Waals surface area contributed by atoms with Crippen molar-refractivity contribution in [1.29, 1.82) is 0 Å². The number of aromatic nitrogens is 1. The third kappa shape index (κ3) is 2.43. The summed E-state index contributed by atoms with van der Waals surface area (Å²) in [6, 6.07) is 6.04. The highest BCUT2D eigenvalue weighted by Gasteiger charge is 2.11. The smallest absolute Gasteiger partial charge is 0.272 e. The minimum absolute atomic E-state index is 0.147. The molecule has 0 unspecified atom stereocenters. The summed E-state index contributed by atoms with van der Waals surface area (Å²) in [5.74, 6) is -0.816. The third-order valence-corrected chi connectivity index (χ3v) is 2.57. The molecule has 0 radical (unpaired) electrons. The van der Waals surface area contributed by atoms with Crippen LogP contribution in [0.1, 0.15) is 10.5 Å². The molecule has 92 valence electrons. The topological polar surface area (TPSA) is 44.9 Å². The largest absolute Gasteiger partial charge is 0.350 e. The number of halogens is 2. The minimum Gasteiger partial charge on any atom is -0.350 e. The van der Waals surface area contributed by atoms with Gasteiger partial charge in [-0.2, -0.15) is 0 Å². The summed E-state index contributed by atoms with van der Waals surface area (Å²) in [5.41, 5.74) is 0.801. The lowest BCUT2D eigenvalue weighted by Gasteiger charge is -1.99. The van der Waals surface area contributed by atoms with Crippen LogP contribution in [0.25, 0.3) is 10.9 Å². The monoisotopic (exact) mass is 264 g/mol. The van der Waals surface area contributed by atoms with E-state index in [2.05, 4.69) is 16.9 Å². The number of carbonyl (C=O) groups is 1. The number of fused-ring (bicyclic) bond motifs is 1. The Balaban J connectivity index is 2.31. The maximum absolute atomic E-state index is 13.4. The molecular formula is C13H10ClFN2O. The summed E-state index contributed by atoms with van der Waals surface area (Å²) in [5, 5.41) is 2.95. The fraction of sp³-hybridized carbons (Fsp3) is 0. The van der Waals surface area contributed by atoms with Crippen molar-refractivity contribution in [3.8, 4) is 0 Å². The van der Waals surface area contributed by atoms with Gasteiger partial charge in [-0.15, -0.1) is 0 Å². The Morgan fingerprint density at radius 2 is 2.28 bits per heavy atom. The molecule has 5 heteroatoms. The first kappa shape index (κ1) is 12.4. The molecule has 1 aromatic heterocycles. The molecule has 1 amide bonds. The van der Waals surface area contributed by atoms with E-state index in [1.165, 1.54) is 24.3 Å². The molecule has 0 saturated carbocycles. The predicted molar refractivity (Wildman–Crippen MR) is 69.9 cm³/mol. The summed E-state index contributed by atoms with van der Waals surface area (Å²) < 4.78 is 13.4. The van der Waals surface area contributed by atoms with Gasteiger partial charge in [0.25, 0.3) is 5.91 Å². The highest BCUT2D eigenvalue weighted by molar-refractivity contribution is 6.30. The number of H-pyrrole nitrogens is 1. The van der Waals surface area contributed by atoms with Crippen molar-refractivity contribution in [2.75, 3.05) is 0 Å². The van der Waals surface area contributed by atoms with Gasteiger partial charge in [0.1, 0.15) is 16.7 Å². The highest BCUT2D eigenvalue weighted by atomic mass is 35.5. The van der Waals surface area contributed by atoms with Gasteiger partial charge in [-0.05, 0) is 24.3 Å². The second-order valence-electron chi connectivity index (χ2n) is 3.59. The maximum atomic E-state index is 13.4. The lowest BCUT2D eigenvalue weighted by atomic mass is 10.2. The van der Waals surface area contributed by atoms with Crippen molar-refractivity contribution in [2.45, 2.75) is 0 Å². The summed E-state index contributed by atoms with van der Waals surface area (Å²) in [6.45, 7) is 3.46. The average Bonchev–Trinajstić information content (AvgIpc) is 2.74. The van der Waals surface area contributed by atoms with E-state index in [0.717, 1.165) is 0 Å². The molecule has 0 aliphatic carbocycles. The van der Waals surface area contributed by atoms with E-state index in [1.807, 2.05) is 0 Å². The number of hydrogen-bond acceptors (Lipinski definition) is 1. The van der Waals surface area contributed by atoms with Crippen molar-refractivity contribution in [2.24, 2.45) is 0 Å². The lowest BCUT2D eigenvalue weighted by molar-refractivity contribution is 0.0964. The Kier molecular flexibility index (Phi) is 3.48. The van der Waals surface area contributed by atoms with E-state index in [-0.39, 0.29) is 16.7 Å². The van der Waals surface area contributed by atoms with E-state index in [4.69, 9.17) is 11.6 Å². The van der Waals surface area contributed by atoms with E-state index in [9.17, 15) is 9.18 Å². The van der Waals surface area contributed by atoms with Crippen LogP contribution < -0.4 is 5.32 Å². The zero-order valence-electron chi connectivity index (χ0n) is 9.34. The van der Waals surface area contributed by atoms with Gasteiger partial charge in [0.15, 0.2) is 0 Å². The molecule has 0 spiro atoms. The molecule has 0 aliphatic heterocycles. The van der Waals surface area contributed by atoms with Crippen LogP contribution in [-0.2, 0) is 0 Å². The van der Waals surface area contributed by atoms with E-state index >= 15 is 0 Å². The second kappa shape index (κ2) is 5.06. The molecule has 3 nitrogen and oxygen atoms in total. The van der Waals surface area contributed by atoms with Gasteiger partial charge in [0.05, 0.1) is 0 Å². The first-order valence-corrected chi connectivity index (χ1v) is 5.56. The van der Waals surface area contributed by atoms with E-state index in [0.29, 0.717) is 10.9 Å². The van der Waals surface area contributed by atoms with E-state index < -0.39 is 5.91 Å². The average molecular weight is 265 g/mol. The number of amides is 1. The van der Waals surface area contributed by atoms with Crippen molar-refractivity contribution in [3.63, 3.8) is 0 Å². The number of rotatable bonds is 3. The Hall–Kier alpha value is -2.07. The van der Waals surface area contributed by atoms with Gasteiger partial charge in [0.2, 0.25) is 0 Å². The van der Waals surface area contributed by atoms with Crippen LogP contribution in [0.4, 0.5) is 4.39 Å². The summed E-state index contributed by atoms with van der Waals surface area (Å²) in [7, 11) is 0. The molecule has 2 N–H and O–H groups in total. The number of carbonyl (C=O) groups excluding carboxylic acids is 1. The zero-order valence-corrected chi connectivity index (χ0v) is 10.1. The summed E-state index contributed by atoms with van der Waals surface area (Å²) in [6.07, 6.45) is 2.90. The summed E-state index contributed by atoms with van der Waals surface area (Å²) in [4.78, 5) is 14.6. The molecule has 2 aromatic rings. The quantitative estimate of drug-likeness (QED) is 0.648. The van der Waals surface area contributed by atoms with Crippen molar-refractivity contribution < 1.29 is 9.18 Å². The van der Waals surface area contributed by atoms with Crippen LogP contribution in [-0.4, -0.2) is 10.9 Å². The van der Waals surface area contributed by atoms with Crippen LogP contribution in [0.2, 0.25) is 0 Å². The van der Waals surface area contributed by atoms with Crippen LogP contribution in [0.3, 0.4) is 0 Å². The van der Waals surface area contributed by atoms with Crippen LogP contribution in [0, 0.1) is 5.82 Å². The Morgan fingerprint density at radius 1 is 1.50 bits per heavy atom. The molecule has 1 aromatic carbocycles. The highest BCUT2D eigenvalue weighted by Crippen LogP contribution is 2.18. The molecule has 0 atom stereocenters. The second-order valence-corrected chi connectivity index (χ2v) is 4.00. The predicted octanol–water partition coefficient (Wildman–Crippen LogP) is 3.30. The molecule has 0 aliphatic rings. The number of benzene rings is 1. The standard InChI is InChI=1S/C13H10ClFN2O/c1-2-4-12(14)17-13(18)11-7-8-9(15)5-3-6-10(8)16-11/h2-7,16H,1H2,(H,17,18)/b12-4-. The van der Waals surface area contributed by atoms with E-state index in [1.54, 1.807) is 12.1 Å². The van der Waals surface area contributed by atoms with Crippen molar-refractivity contribution in [3.05, 3.63) is 59.7 Å². The van der Waals surface area contributed by atoms with Gasteiger partial charge < -0.3 is 10.3 Å².